The number of rotatable bonds is 3. The molecule has 0 aliphatic rings. The van der Waals surface area contributed by atoms with Crippen LogP contribution in [0.3, 0.4) is 0 Å². The van der Waals surface area contributed by atoms with E-state index in [9.17, 15) is 4.79 Å². The molecule has 0 fully saturated rings. The normalized spacial score (nSPS) is 10.6. The van der Waals surface area contributed by atoms with E-state index in [0.29, 0.717) is 12.1 Å². The number of hydrogen-bond acceptors (Lipinski definition) is 2. The molecule has 3 nitrogen and oxygen atoms in total. The lowest BCUT2D eigenvalue weighted by Gasteiger charge is -2.19. The van der Waals surface area contributed by atoms with Crippen LogP contribution in [0, 0.1) is 6.92 Å². The molecule has 3 N–H and O–H groups in total. The lowest BCUT2D eigenvalue weighted by Crippen LogP contribution is -2.45. The topological polar surface area (TPSA) is 55.1 Å². The first-order valence-electron chi connectivity index (χ1n) is 5.13. The predicted molar refractivity (Wildman–Crippen MR) is 76.7 cm³/mol. The molecule has 0 saturated carbocycles. The van der Waals surface area contributed by atoms with Crippen LogP contribution in [-0.2, 0) is 0 Å². The van der Waals surface area contributed by atoms with Crippen molar-refractivity contribution in [2.45, 2.75) is 26.3 Å². The lowest BCUT2D eigenvalue weighted by molar-refractivity contribution is 0.0945. The van der Waals surface area contributed by atoms with Gasteiger partial charge < -0.3 is 11.1 Å². The minimum atomic E-state index is -0.393. The first-order valence-corrected chi connectivity index (χ1v) is 5.92. The highest BCUT2D eigenvalue weighted by atomic mass is 79.9. The number of nitrogens with one attached hydrogen (secondary N) is 1. The lowest BCUT2D eigenvalue weighted by atomic mass is 10.1. The number of carbonyl (C=O) groups excluding carboxylic acids is 1. The van der Waals surface area contributed by atoms with E-state index in [0.717, 1.165) is 10.0 Å². The zero-order valence-corrected chi connectivity index (χ0v) is 12.6. The number of benzene rings is 1. The number of amides is 1. The van der Waals surface area contributed by atoms with Gasteiger partial charge in [0.05, 0.1) is 0 Å². The SMILES string of the molecule is Cc1ccc(Br)cc1C(=O)NCC(C)(C)N.Cl. The Morgan fingerprint density at radius 2 is 2.06 bits per heavy atom. The Labute approximate surface area is 117 Å². The monoisotopic (exact) mass is 320 g/mol. The summed E-state index contributed by atoms with van der Waals surface area (Å²) in [5.41, 5.74) is 7.05. The van der Waals surface area contributed by atoms with Gasteiger partial charge >= 0.3 is 0 Å². The number of carbonyl (C=O) groups is 1. The maximum atomic E-state index is 11.9. The van der Waals surface area contributed by atoms with Crippen LogP contribution in [0.5, 0.6) is 0 Å². The predicted octanol–water partition coefficient (Wildman–Crippen LogP) is 2.65. The second-order valence-corrected chi connectivity index (χ2v) is 5.55. The number of halogens is 2. The third kappa shape index (κ3) is 5.52. The molecule has 0 saturated heterocycles. The maximum Gasteiger partial charge on any atom is 0.251 e. The van der Waals surface area contributed by atoms with Gasteiger partial charge in [0, 0.05) is 22.1 Å². The molecule has 96 valence electrons. The minimum absolute atomic E-state index is 0. The van der Waals surface area contributed by atoms with Crippen LogP contribution in [-0.4, -0.2) is 18.0 Å². The smallest absolute Gasteiger partial charge is 0.251 e. The van der Waals surface area contributed by atoms with Crippen molar-refractivity contribution in [1.82, 2.24) is 5.32 Å². The van der Waals surface area contributed by atoms with Crippen molar-refractivity contribution < 1.29 is 4.79 Å². The largest absolute Gasteiger partial charge is 0.350 e. The van der Waals surface area contributed by atoms with Crippen molar-refractivity contribution in [1.29, 1.82) is 0 Å². The fraction of sp³-hybridized carbons (Fsp3) is 0.417. The third-order valence-corrected chi connectivity index (χ3v) is 2.64. The average Bonchev–Trinajstić information content (AvgIpc) is 2.17. The molecule has 0 radical (unpaired) electrons. The molecule has 0 aliphatic heterocycles. The fourth-order valence-electron chi connectivity index (χ4n) is 1.24. The zero-order chi connectivity index (χ0) is 12.3. The summed E-state index contributed by atoms with van der Waals surface area (Å²) in [4.78, 5) is 11.9. The van der Waals surface area contributed by atoms with Gasteiger partial charge in [0.15, 0.2) is 0 Å². The molecular weight excluding hydrogens is 304 g/mol. The first-order chi connectivity index (χ1) is 7.29. The summed E-state index contributed by atoms with van der Waals surface area (Å²) < 4.78 is 0.898. The Balaban J connectivity index is 0.00000256. The molecule has 0 aromatic heterocycles. The number of hydrogen-bond donors (Lipinski definition) is 2. The Kier molecular flexibility index (Phi) is 6.16. The molecule has 0 heterocycles. The summed E-state index contributed by atoms with van der Waals surface area (Å²) >= 11 is 3.35. The molecule has 0 spiro atoms. The van der Waals surface area contributed by atoms with E-state index < -0.39 is 5.54 Å². The van der Waals surface area contributed by atoms with Gasteiger partial charge in [0.1, 0.15) is 0 Å². The van der Waals surface area contributed by atoms with E-state index in [1.807, 2.05) is 39.0 Å². The molecule has 5 heteroatoms. The molecule has 0 atom stereocenters. The Bertz CT molecular complexity index is 402. The van der Waals surface area contributed by atoms with Gasteiger partial charge in [-0.1, -0.05) is 22.0 Å². The van der Waals surface area contributed by atoms with Crippen LogP contribution in [0.4, 0.5) is 0 Å². The van der Waals surface area contributed by atoms with Crippen molar-refractivity contribution in [3.05, 3.63) is 33.8 Å². The fourth-order valence-corrected chi connectivity index (χ4v) is 1.60. The van der Waals surface area contributed by atoms with Crippen LogP contribution in [0.2, 0.25) is 0 Å². The highest BCUT2D eigenvalue weighted by Crippen LogP contribution is 2.15. The standard InChI is InChI=1S/C12H17BrN2O.ClH/c1-8-4-5-9(13)6-10(8)11(16)15-7-12(2,3)14;/h4-6H,7,14H2,1-3H3,(H,15,16);1H. The zero-order valence-electron chi connectivity index (χ0n) is 10.2. The second-order valence-electron chi connectivity index (χ2n) is 4.63. The third-order valence-electron chi connectivity index (χ3n) is 2.15. The van der Waals surface area contributed by atoms with Gasteiger partial charge in [-0.05, 0) is 38.5 Å². The van der Waals surface area contributed by atoms with Crippen LogP contribution in [0.1, 0.15) is 29.8 Å². The summed E-state index contributed by atoms with van der Waals surface area (Å²) in [6.07, 6.45) is 0. The van der Waals surface area contributed by atoms with Crippen molar-refractivity contribution in [2.24, 2.45) is 5.73 Å². The van der Waals surface area contributed by atoms with E-state index in [2.05, 4.69) is 21.2 Å². The van der Waals surface area contributed by atoms with E-state index >= 15 is 0 Å². The van der Waals surface area contributed by atoms with Crippen molar-refractivity contribution in [3.63, 3.8) is 0 Å². The van der Waals surface area contributed by atoms with Crippen molar-refractivity contribution in [2.75, 3.05) is 6.54 Å². The van der Waals surface area contributed by atoms with Gasteiger partial charge in [0.2, 0.25) is 0 Å². The Morgan fingerprint density at radius 1 is 1.47 bits per heavy atom. The summed E-state index contributed by atoms with van der Waals surface area (Å²) in [5, 5.41) is 2.82. The summed E-state index contributed by atoms with van der Waals surface area (Å²) in [5.74, 6) is -0.0858. The summed E-state index contributed by atoms with van der Waals surface area (Å²) in [6, 6.07) is 5.64. The van der Waals surface area contributed by atoms with E-state index in [1.165, 1.54) is 0 Å². The van der Waals surface area contributed by atoms with Crippen LogP contribution in [0.15, 0.2) is 22.7 Å². The van der Waals surface area contributed by atoms with Gasteiger partial charge in [-0.3, -0.25) is 4.79 Å². The number of nitrogens with two attached hydrogens (primary N) is 1. The van der Waals surface area contributed by atoms with Crippen LogP contribution < -0.4 is 11.1 Å². The molecule has 0 unspecified atom stereocenters. The molecule has 1 amide bonds. The quantitative estimate of drug-likeness (QED) is 0.899. The van der Waals surface area contributed by atoms with Gasteiger partial charge in [-0.25, -0.2) is 0 Å². The molecule has 1 rings (SSSR count). The Morgan fingerprint density at radius 3 is 2.59 bits per heavy atom. The van der Waals surface area contributed by atoms with Gasteiger partial charge in [-0.15, -0.1) is 12.4 Å². The molecule has 17 heavy (non-hydrogen) atoms. The van der Waals surface area contributed by atoms with Crippen LogP contribution in [0.25, 0.3) is 0 Å². The second kappa shape index (κ2) is 6.38. The minimum Gasteiger partial charge on any atom is -0.350 e. The Hall–Kier alpha value is -0.580. The number of aryl methyl sites for hydroxylation is 1. The molecule has 0 bridgehead atoms. The van der Waals surface area contributed by atoms with Crippen LogP contribution >= 0.6 is 28.3 Å². The van der Waals surface area contributed by atoms with E-state index in [-0.39, 0.29) is 18.3 Å². The van der Waals surface area contributed by atoms with Crippen molar-refractivity contribution >= 4 is 34.2 Å². The summed E-state index contributed by atoms with van der Waals surface area (Å²) in [6.45, 7) is 6.12. The van der Waals surface area contributed by atoms with Gasteiger partial charge in [-0.2, -0.15) is 0 Å². The molecule has 1 aromatic rings. The first kappa shape index (κ1) is 16.4. The van der Waals surface area contributed by atoms with E-state index in [4.69, 9.17) is 5.73 Å². The maximum absolute atomic E-state index is 11.9. The highest BCUT2D eigenvalue weighted by Gasteiger charge is 2.14. The molecule has 1 aromatic carbocycles. The van der Waals surface area contributed by atoms with Gasteiger partial charge in [0.25, 0.3) is 5.91 Å². The highest BCUT2D eigenvalue weighted by molar-refractivity contribution is 9.10. The average molecular weight is 322 g/mol. The van der Waals surface area contributed by atoms with E-state index in [1.54, 1.807) is 0 Å². The van der Waals surface area contributed by atoms with Crippen molar-refractivity contribution in [3.8, 4) is 0 Å². The summed E-state index contributed by atoms with van der Waals surface area (Å²) in [7, 11) is 0. The molecule has 0 aliphatic carbocycles. The molecular formula is C12H18BrClN2O.